The summed E-state index contributed by atoms with van der Waals surface area (Å²) in [6.45, 7) is 1.99. The number of aryl methyl sites for hydroxylation is 1. The van der Waals surface area contributed by atoms with E-state index in [4.69, 9.17) is 0 Å². The number of aromatic nitrogens is 2. The van der Waals surface area contributed by atoms with Crippen LogP contribution in [0, 0.1) is 0 Å². The van der Waals surface area contributed by atoms with E-state index >= 15 is 0 Å². The Balaban J connectivity index is 0.00000162. The third-order valence-electron chi connectivity index (χ3n) is 3.45. The van der Waals surface area contributed by atoms with Crippen molar-refractivity contribution in [2.45, 2.75) is 38.3 Å². The van der Waals surface area contributed by atoms with E-state index in [-0.39, 0.29) is 30.1 Å². The normalized spacial score (nSPS) is 16.9. The molecular formula is C13H24IN3O. The van der Waals surface area contributed by atoms with Gasteiger partial charge in [-0.3, -0.25) is 4.68 Å². The van der Waals surface area contributed by atoms with Gasteiger partial charge >= 0.3 is 0 Å². The highest BCUT2D eigenvalue weighted by molar-refractivity contribution is 5.21. The lowest BCUT2D eigenvalue weighted by Gasteiger charge is -2.25. The smallest absolute Gasteiger partial charge is 0.0876 e. The van der Waals surface area contributed by atoms with E-state index in [1.54, 1.807) is 0 Å². The monoisotopic (exact) mass is 365 g/mol. The summed E-state index contributed by atoms with van der Waals surface area (Å²) in [5.41, 5.74) is 2.31. The lowest BCUT2D eigenvalue weighted by atomic mass is 10.0. The van der Waals surface area contributed by atoms with Crippen LogP contribution in [-0.4, -0.2) is 47.1 Å². The molecule has 0 saturated heterocycles. The average molecular weight is 365 g/mol. The zero-order valence-electron chi connectivity index (χ0n) is 11.6. The first-order chi connectivity index (χ1) is 7.97. The molecule has 1 N–H and O–H groups in total. The van der Waals surface area contributed by atoms with Crippen LogP contribution in [0.25, 0.3) is 0 Å². The Bertz CT molecular complexity index is 384. The summed E-state index contributed by atoms with van der Waals surface area (Å²) in [5.74, 6) is 0. The minimum atomic E-state index is -0.353. The number of quaternary nitrogens is 1. The van der Waals surface area contributed by atoms with Crippen LogP contribution in [0.15, 0.2) is 6.20 Å². The SMILES string of the molecule is C[N+](C)(C)CCC(O)c1cnn2c1CCCC2.[I-]. The Morgan fingerprint density at radius 2 is 2.11 bits per heavy atom. The van der Waals surface area contributed by atoms with Gasteiger partial charge in [-0.25, -0.2) is 0 Å². The minimum absolute atomic E-state index is 0. The van der Waals surface area contributed by atoms with Gasteiger partial charge in [0.15, 0.2) is 0 Å². The standard InChI is InChI=1S/C13H24N3O.HI/c1-16(2,3)9-7-13(17)11-10-14-15-8-5-4-6-12(11)15;/h10,13,17H,4-9H2,1-3H3;1H/q+1;/p-1. The quantitative estimate of drug-likeness (QED) is 0.513. The van der Waals surface area contributed by atoms with Crippen LogP contribution in [0.3, 0.4) is 0 Å². The van der Waals surface area contributed by atoms with Crippen molar-refractivity contribution >= 4 is 0 Å². The molecule has 0 saturated carbocycles. The van der Waals surface area contributed by atoms with Gasteiger partial charge in [0.25, 0.3) is 0 Å². The van der Waals surface area contributed by atoms with Crippen LogP contribution in [0.2, 0.25) is 0 Å². The van der Waals surface area contributed by atoms with Crippen LogP contribution >= 0.6 is 0 Å². The summed E-state index contributed by atoms with van der Waals surface area (Å²) >= 11 is 0. The molecular weight excluding hydrogens is 341 g/mol. The van der Waals surface area contributed by atoms with Crippen LogP contribution in [-0.2, 0) is 13.0 Å². The summed E-state index contributed by atoms with van der Waals surface area (Å²) in [6.07, 6.45) is 5.82. The van der Waals surface area contributed by atoms with Crippen molar-refractivity contribution in [1.29, 1.82) is 0 Å². The largest absolute Gasteiger partial charge is 1.00 e. The van der Waals surface area contributed by atoms with E-state index in [1.165, 1.54) is 18.5 Å². The second-order valence-corrected chi connectivity index (χ2v) is 6.05. The molecule has 18 heavy (non-hydrogen) atoms. The van der Waals surface area contributed by atoms with Gasteiger partial charge in [-0.05, 0) is 19.3 Å². The molecule has 4 nitrogen and oxygen atoms in total. The predicted molar refractivity (Wildman–Crippen MR) is 67.6 cm³/mol. The molecule has 5 heteroatoms. The minimum Gasteiger partial charge on any atom is -1.00 e. The Morgan fingerprint density at radius 1 is 1.39 bits per heavy atom. The molecule has 0 spiro atoms. The molecule has 0 aromatic carbocycles. The van der Waals surface area contributed by atoms with Crippen molar-refractivity contribution in [1.82, 2.24) is 9.78 Å². The van der Waals surface area contributed by atoms with Gasteiger partial charge in [0, 0.05) is 24.2 Å². The Morgan fingerprint density at radius 3 is 2.78 bits per heavy atom. The first-order valence-corrected chi connectivity index (χ1v) is 6.50. The zero-order chi connectivity index (χ0) is 12.5. The fourth-order valence-corrected chi connectivity index (χ4v) is 2.39. The van der Waals surface area contributed by atoms with Crippen LogP contribution in [0.4, 0.5) is 0 Å². The number of aliphatic hydroxyl groups is 1. The fourth-order valence-electron chi connectivity index (χ4n) is 2.39. The molecule has 1 atom stereocenters. The van der Waals surface area contributed by atoms with Crippen molar-refractivity contribution in [2.24, 2.45) is 0 Å². The zero-order valence-corrected chi connectivity index (χ0v) is 13.7. The number of hydrogen-bond donors (Lipinski definition) is 1. The number of nitrogens with zero attached hydrogens (tertiary/aromatic N) is 3. The Labute approximate surface area is 127 Å². The summed E-state index contributed by atoms with van der Waals surface area (Å²) in [6, 6.07) is 0. The van der Waals surface area contributed by atoms with E-state index in [2.05, 4.69) is 30.9 Å². The number of halogens is 1. The third-order valence-corrected chi connectivity index (χ3v) is 3.45. The third kappa shape index (κ3) is 3.93. The number of aliphatic hydroxyl groups excluding tert-OH is 1. The summed E-state index contributed by atoms with van der Waals surface area (Å²) < 4.78 is 2.95. The molecule has 2 rings (SSSR count). The Kier molecular flexibility index (Phi) is 5.61. The Hall–Kier alpha value is -0.140. The van der Waals surface area contributed by atoms with Crippen LogP contribution in [0.5, 0.6) is 0 Å². The van der Waals surface area contributed by atoms with E-state index in [9.17, 15) is 5.11 Å². The molecule has 0 fully saturated rings. The molecule has 1 aliphatic heterocycles. The molecule has 0 radical (unpaired) electrons. The summed E-state index contributed by atoms with van der Waals surface area (Å²) in [7, 11) is 6.46. The van der Waals surface area contributed by atoms with Crippen molar-refractivity contribution in [3.63, 3.8) is 0 Å². The van der Waals surface area contributed by atoms with E-state index in [0.29, 0.717) is 0 Å². The predicted octanol–water partition coefficient (Wildman–Crippen LogP) is -1.65. The van der Waals surface area contributed by atoms with Crippen molar-refractivity contribution in [3.8, 4) is 0 Å². The summed E-state index contributed by atoms with van der Waals surface area (Å²) in [4.78, 5) is 0. The topological polar surface area (TPSA) is 38.1 Å². The van der Waals surface area contributed by atoms with Gasteiger partial charge in [-0.1, -0.05) is 0 Å². The fraction of sp³-hybridized carbons (Fsp3) is 0.769. The molecule has 1 aromatic heterocycles. The molecule has 0 bridgehead atoms. The maximum atomic E-state index is 10.3. The van der Waals surface area contributed by atoms with E-state index in [1.807, 2.05) is 6.20 Å². The highest BCUT2D eigenvalue weighted by Gasteiger charge is 2.21. The highest BCUT2D eigenvalue weighted by atomic mass is 127. The van der Waals surface area contributed by atoms with Gasteiger partial charge in [-0.15, -0.1) is 0 Å². The molecule has 2 heterocycles. The second kappa shape index (κ2) is 6.34. The molecule has 0 aliphatic carbocycles. The van der Waals surface area contributed by atoms with Crippen LogP contribution < -0.4 is 24.0 Å². The maximum absolute atomic E-state index is 10.3. The number of rotatable bonds is 4. The number of hydrogen-bond acceptors (Lipinski definition) is 2. The van der Waals surface area contributed by atoms with Gasteiger partial charge in [0.2, 0.25) is 0 Å². The van der Waals surface area contributed by atoms with E-state index in [0.717, 1.165) is 36.0 Å². The van der Waals surface area contributed by atoms with Crippen molar-refractivity contribution in [2.75, 3.05) is 27.7 Å². The van der Waals surface area contributed by atoms with Gasteiger partial charge in [0.1, 0.15) is 0 Å². The molecule has 104 valence electrons. The molecule has 1 aliphatic rings. The maximum Gasteiger partial charge on any atom is 0.0876 e. The van der Waals surface area contributed by atoms with Crippen molar-refractivity contribution < 1.29 is 33.6 Å². The summed E-state index contributed by atoms with van der Waals surface area (Å²) in [5, 5.41) is 14.6. The molecule has 1 unspecified atom stereocenters. The van der Waals surface area contributed by atoms with Crippen LogP contribution in [0.1, 0.15) is 36.6 Å². The first-order valence-electron chi connectivity index (χ1n) is 6.50. The number of fused-ring (bicyclic) bond motifs is 1. The van der Waals surface area contributed by atoms with Gasteiger partial charge in [0.05, 0.1) is 40.0 Å². The second-order valence-electron chi connectivity index (χ2n) is 6.05. The highest BCUT2D eigenvalue weighted by Crippen LogP contribution is 2.25. The first kappa shape index (κ1) is 15.9. The lowest BCUT2D eigenvalue weighted by Crippen LogP contribution is -3.00. The average Bonchev–Trinajstić information content (AvgIpc) is 2.68. The molecule has 0 amide bonds. The van der Waals surface area contributed by atoms with Gasteiger partial charge in [-0.2, -0.15) is 5.10 Å². The van der Waals surface area contributed by atoms with Gasteiger partial charge < -0.3 is 33.6 Å². The molecule has 1 aromatic rings. The van der Waals surface area contributed by atoms with E-state index < -0.39 is 0 Å². The van der Waals surface area contributed by atoms with Crippen molar-refractivity contribution in [3.05, 3.63) is 17.5 Å². The lowest BCUT2D eigenvalue weighted by molar-refractivity contribution is -0.871.